The number of amides is 1. The minimum atomic E-state index is -0.674. The molecule has 0 aliphatic carbocycles. The van der Waals surface area contributed by atoms with E-state index < -0.39 is 6.09 Å². The first-order valence-electron chi connectivity index (χ1n) is 6.40. The average Bonchev–Trinajstić information content (AvgIpc) is 2.54. The van der Waals surface area contributed by atoms with Crippen molar-refractivity contribution in [2.75, 3.05) is 0 Å². The van der Waals surface area contributed by atoms with Gasteiger partial charge < -0.3 is 10.5 Å². The molecule has 2 aromatic rings. The van der Waals surface area contributed by atoms with E-state index in [1.54, 1.807) is 12.1 Å². The van der Waals surface area contributed by atoms with E-state index in [1.807, 2.05) is 30.3 Å². The van der Waals surface area contributed by atoms with Crippen LogP contribution >= 0.6 is 12.4 Å². The van der Waals surface area contributed by atoms with Crippen molar-refractivity contribution in [2.24, 2.45) is 5.73 Å². The van der Waals surface area contributed by atoms with Gasteiger partial charge in [0.25, 0.3) is 0 Å². The summed E-state index contributed by atoms with van der Waals surface area (Å²) < 4.78 is 5.03. The Morgan fingerprint density at radius 1 is 1.27 bits per heavy atom. The molecule has 0 fully saturated rings. The van der Waals surface area contributed by atoms with Crippen molar-refractivity contribution in [1.82, 2.24) is 10.3 Å². The Morgan fingerprint density at radius 2 is 2.00 bits per heavy atom. The van der Waals surface area contributed by atoms with E-state index in [-0.39, 0.29) is 27.7 Å². The predicted molar refractivity (Wildman–Crippen MR) is 88.2 cm³/mol. The molecule has 0 aliphatic heterocycles. The third kappa shape index (κ3) is 5.16. The number of halogens is 1. The summed E-state index contributed by atoms with van der Waals surface area (Å²) in [5.41, 5.74) is 7.54. The fraction of sp³-hybridized carbons (Fsp3) is 0.133. The number of hydrogen-bond donors (Lipinski definition) is 3. The maximum absolute atomic E-state index is 11.6. The van der Waals surface area contributed by atoms with Crippen molar-refractivity contribution >= 4 is 24.3 Å². The van der Waals surface area contributed by atoms with Crippen LogP contribution in [-0.2, 0) is 17.9 Å². The number of alkyl carbamates (subject to hydrolysis) is 1. The fourth-order valence-corrected chi connectivity index (χ4v) is 1.63. The molecule has 0 spiro atoms. The van der Waals surface area contributed by atoms with Crippen LogP contribution in [0.15, 0.2) is 48.7 Å². The van der Waals surface area contributed by atoms with Crippen molar-refractivity contribution < 1.29 is 12.4 Å². The number of nitrogens with two attached hydrogens (primary N) is 1. The Morgan fingerprint density at radius 3 is 2.59 bits per heavy atom. The summed E-state index contributed by atoms with van der Waals surface area (Å²) in [6.07, 6.45) is 0.814. The van der Waals surface area contributed by atoms with Crippen LogP contribution in [0.3, 0.4) is 0 Å². The molecule has 1 heterocycles. The fourth-order valence-electron chi connectivity index (χ4n) is 1.63. The number of rotatable bonds is 4. The Hall–Kier alpha value is -2.44. The van der Waals surface area contributed by atoms with Crippen LogP contribution in [-0.4, -0.2) is 16.9 Å². The van der Waals surface area contributed by atoms with Gasteiger partial charge in [-0.1, -0.05) is 30.3 Å². The molecule has 1 aromatic carbocycles. The van der Waals surface area contributed by atoms with E-state index in [1.165, 1.54) is 6.20 Å². The molecule has 1 amide bonds. The SMILES string of the molecule is Cl.N=C(NC(=O)OCc1ccccc1)c1ccc(CN)nc1.[H+].[H+]. The molecule has 22 heavy (non-hydrogen) atoms. The average molecular weight is 323 g/mol. The van der Waals surface area contributed by atoms with Gasteiger partial charge in [-0.15, -0.1) is 12.4 Å². The van der Waals surface area contributed by atoms with Crippen molar-refractivity contribution in [3.63, 3.8) is 0 Å². The normalized spacial score (nSPS) is 9.50. The van der Waals surface area contributed by atoms with Crippen molar-refractivity contribution in [1.29, 1.82) is 5.41 Å². The summed E-state index contributed by atoms with van der Waals surface area (Å²) >= 11 is 0. The van der Waals surface area contributed by atoms with Crippen molar-refractivity contribution in [2.45, 2.75) is 13.2 Å². The van der Waals surface area contributed by atoms with Crippen LogP contribution in [0, 0.1) is 5.41 Å². The Balaban J connectivity index is 0. The Bertz CT molecular complexity index is 627. The van der Waals surface area contributed by atoms with Crippen LogP contribution < -0.4 is 11.1 Å². The van der Waals surface area contributed by atoms with E-state index in [9.17, 15) is 4.79 Å². The summed E-state index contributed by atoms with van der Waals surface area (Å²) in [6.45, 7) is 0.491. The second-order valence-electron chi connectivity index (χ2n) is 4.30. The molecule has 4 N–H and O–H groups in total. The molecule has 0 unspecified atom stereocenters. The van der Waals surface area contributed by atoms with Crippen LogP contribution in [0.5, 0.6) is 0 Å². The first-order chi connectivity index (χ1) is 10.2. The van der Waals surface area contributed by atoms with Gasteiger partial charge in [-0.3, -0.25) is 15.7 Å². The summed E-state index contributed by atoms with van der Waals surface area (Å²) in [5, 5.41) is 10.1. The second kappa shape index (κ2) is 8.76. The quantitative estimate of drug-likeness (QED) is 0.594. The van der Waals surface area contributed by atoms with Gasteiger partial charge in [-0.25, -0.2) is 4.79 Å². The minimum Gasteiger partial charge on any atom is -0.444 e. The molecule has 7 heteroatoms. The van der Waals surface area contributed by atoms with E-state index in [0.29, 0.717) is 12.1 Å². The molecule has 0 radical (unpaired) electrons. The predicted octanol–water partition coefficient (Wildman–Crippen LogP) is 2.44. The highest BCUT2D eigenvalue weighted by molar-refractivity contribution is 6.04. The van der Waals surface area contributed by atoms with Gasteiger partial charge in [0.15, 0.2) is 0 Å². The van der Waals surface area contributed by atoms with Gasteiger partial charge in [0.05, 0.1) is 5.69 Å². The zero-order valence-corrected chi connectivity index (χ0v) is 12.6. The molecular formula is C15H19ClN4O2+2. The molecule has 6 nitrogen and oxygen atoms in total. The van der Waals surface area contributed by atoms with Crippen molar-refractivity contribution in [3.8, 4) is 0 Å². The summed E-state index contributed by atoms with van der Waals surface area (Å²) in [7, 11) is 0. The number of nitrogens with one attached hydrogen (secondary N) is 2. The first kappa shape index (κ1) is 17.6. The summed E-state index contributed by atoms with van der Waals surface area (Å²) in [5.74, 6) is -0.0656. The van der Waals surface area contributed by atoms with Gasteiger partial charge in [-0.05, 0) is 17.7 Å². The lowest BCUT2D eigenvalue weighted by atomic mass is 10.2. The first-order valence-corrected chi connectivity index (χ1v) is 6.40. The third-order valence-electron chi connectivity index (χ3n) is 2.76. The van der Waals surface area contributed by atoms with Gasteiger partial charge in [-0.2, -0.15) is 0 Å². The standard InChI is InChI=1S/C15H16N4O2.ClH/c16-8-13-7-6-12(9-18-13)14(17)19-15(20)21-10-11-4-2-1-3-5-11;/h1-7,9H,8,10,16H2,(H2,17,19,20);1H/p+2. The monoisotopic (exact) mass is 322 g/mol. The lowest BCUT2D eigenvalue weighted by Gasteiger charge is -2.08. The smallest absolute Gasteiger partial charge is 0.444 e. The topological polar surface area (TPSA) is 101 Å². The highest BCUT2D eigenvalue weighted by Crippen LogP contribution is 2.02. The number of carbonyl (C=O) groups is 1. The van der Waals surface area contributed by atoms with E-state index >= 15 is 0 Å². The van der Waals surface area contributed by atoms with Crippen LogP contribution in [0.4, 0.5) is 4.79 Å². The molecular weight excluding hydrogens is 304 g/mol. The van der Waals surface area contributed by atoms with Crippen LogP contribution in [0.2, 0.25) is 0 Å². The number of aromatic nitrogens is 1. The summed E-state index contributed by atoms with van der Waals surface area (Å²) in [4.78, 5) is 15.7. The maximum atomic E-state index is 11.6. The Kier molecular flexibility index (Phi) is 7.01. The number of amidine groups is 1. The number of nitrogens with zero attached hydrogens (tertiary/aromatic N) is 1. The van der Waals surface area contributed by atoms with Gasteiger partial charge in [0.1, 0.15) is 12.4 Å². The molecule has 1 aromatic heterocycles. The molecule has 0 saturated heterocycles. The van der Waals surface area contributed by atoms with Crippen LogP contribution in [0.25, 0.3) is 0 Å². The molecule has 2 rings (SSSR count). The largest absolute Gasteiger partial charge is 1.00 e. The minimum absolute atomic E-state index is 0. The van der Waals surface area contributed by atoms with Gasteiger partial charge in [0, 0.05) is 18.3 Å². The third-order valence-corrected chi connectivity index (χ3v) is 2.76. The Labute approximate surface area is 137 Å². The van der Waals surface area contributed by atoms with E-state index in [0.717, 1.165) is 11.3 Å². The molecule has 0 aliphatic rings. The zero-order valence-electron chi connectivity index (χ0n) is 13.8. The van der Waals surface area contributed by atoms with E-state index in [2.05, 4.69) is 10.3 Å². The number of benzene rings is 1. The lowest BCUT2D eigenvalue weighted by Crippen LogP contribution is -2.31. The van der Waals surface area contributed by atoms with Gasteiger partial charge >= 0.3 is 8.95 Å². The molecule has 0 saturated carbocycles. The van der Waals surface area contributed by atoms with Crippen molar-refractivity contribution in [3.05, 3.63) is 65.5 Å². The summed E-state index contributed by atoms with van der Waals surface area (Å²) in [6, 6.07) is 12.7. The van der Waals surface area contributed by atoms with Crippen LogP contribution in [0.1, 0.15) is 19.7 Å². The zero-order chi connectivity index (χ0) is 15.1. The second-order valence-corrected chi connectivity index (χ2v) is 4.30. The molecule has 0 atom stereocenters. The number of hydrogen-bond acceptors (Lipinski definition) is 5. The number of carbonyl (C=O) groups excluding carboxylic acids is 1. The molecule has 0 bridgehead atoms. The molecule has 116 valence electrons. The number of pyridine rings is 1. The maximum Gasteiger partial charge on any atom is 1.00 e. The highest BCUT2D eigenvalue weighted by atomic mass is 35.5. The van der Waals surface area contributed by atoms with E-state index in [4.69, 9.17) is 15.9 Å². The lowest BCUT2D eigenvalue weighted by molar-refractivity contribution is 0.145. The number of ether oxygens (including phenoxy) is 1. The highest BCUT2D eigenvalue weighted by Gasteiger charge is 2.08. The van der Waals surface area contributed by atoms with Gasteiger partial charge in [0.2, 0.25) is 0 Å².